The lowest BCUT2D eigenvalue weighted by molar-refractivity contribution is 0.284. The van der Waals surface area contributed by atoms with Gasteiger partial charge in [0.05, 0.1) is 30.2 Å². The molecule has 0 aliphatic rings. The molecule has 7 heteroatoms. The summed E-state index contributed by atoms with van der Waals surface area (Å²) >= 11 is 3.52. The van der Waals surface area contributed by atoms with E-state index in [4.69, 9.17) is 4.74 Å². The van der Waals surface area contributed by atoms with Gasteiger partial charge in [0.25, 0.3) is 0 Å². The van der Waals surface area contributed by atoms with Gasteiger partial charge in [0.2, 0.25) is 0 Å². The summed E-state index contributed by atoms with van der Waals surface area (Å²) in [6.07, 6.45) is 5.13. The van der Waals surface area contributed by atoms with Gasteiger partial charge in [-0.25, -0.2) is 13.8 Å². The highest BCUT2D eigenvalue weighted by atomic mass is 79.9. The summed E-state index contributed by atoms with van der Waals surface area (Å²) in [6.45, 7) is 6.37. The summed E-state index contributed by atoms with van der Waals surface area (Å²) in [5.74, 6) is -1.29. The molecule has 0 atom stereocenters. The van der Waals surface area contributed by atoms with Crippen LogP contribution in [-0.4, -0.2) is 21.1 Å². The first-order valence-electron chi connectivity index (χ1n) is 10.2. The number of halogens is 3. The van der Waals surface area contributed by atoms with Gasteiger partial charge in [0, 0.05) is 28.0 Å². The Balaban J connectivity index is 1.42. The Morgan fingerprint density at radius 3 is 2.71 bits per heavy atom. The fraction of sp³-hybridized carbons (Fsp3) is 0.333. The maximum absolute atomic E-state index is 14.7. The molecule has 0 saturated carbocycles. The third-order valence-electron chi connectivity index (χ3n) is 5.18. The molecule has 161 valence electrons. The lowest BCUT2D eigenvalue weighted by Crippen LogP contribution is -2.17. The number of hydrogen-bond donors (Lipinski definition) is 0. The van der Waals surface area contributed by atoms with Crippen LogP contribution in [0.2, 0.25) is 0 Å². The summed E-state index contributed by atoms with van der Waals surface area (Å²) in [7, 11) is 0. The maximum atomic E-state index is 14.7. The van der Waals surface area contributed by atoms with Gasteiger partial charge in [-0.05, 0) is 42.5 Å². The first-order valence-corrected chi connectivity index (χ1v) is 11.0. The fourth-order valence-corrected chi connectivity index (χ4v) is 4.09. The van der Waals surface area contributed by atoms with Crippen molar-refractivity contribution in [3.05, 3.63) is 64.5 Å². The highest BCUT2D eigenvalue weighted by Gasteiger charge is 2.25. The topological polar surface area (TPSA) is 39.9 Å². The molecule has 2 heterocycles. The Bertz CT molecular complexity index is 1250. The number of aromatic nitrogens is 3. The number of ether oxygens (including phenoxy) is 1. The monoisotopic (exact) mass is 486 g/mol. The molecule has 0 fully saturated rings. The van der Waals surface area contributed by atoms with Crippen molar-refractivity contribution in [2.75, 3.05) is 6.61 Å². The third-order valence-corrected chi connectivity index (χ3v) is 5.68. The predicted molar refractivity (Wildman–Crippen MR) is 121 cm³/mol. The second-order valence-corrected chi connectivity index (χ2v) is 9.47. The van der Waals surface area contributed by atoms with E-state index in [0.29, 0.717) is 13.0 Å². The molecule has 0 aliphatic carbocycles. The Labute approximate surface area is 188 Å². The molecular formula is C24H23BrF2N3O. The number of nitrogens with zero attached hydrogens (tertiary/aromatic N) is 3. The van der Waals surface area contributed by atoms with E-state index in [9.17, 15) is 8.78 Å². The van der Waals surface area contributed by atoms with Crippen molar-refractivity contribution >= 4 is 37.9 Å². The average Bonchev–Trinajstić information content (AvgIpc) is 3.12. The highest BCUT2D eigenvalue weighted by Crippen LogP contribution is 2.32. The summed E-state index contributed by atoms with van der Waals surface area (Å²) in [4.78, 5) is 8.92. The Morgan fingerprint density at radius 1 is 1.13 bits per heavy atom. The van der Waals surface area contributed by atoms with E-state index in [-0.39, 0.29) is 11.3 Å². The van der Waals surface area contributed by atoms with Crippen molar-refractivity contribution in [3.63, 3.8) is 0 Å². The molecule has 31 heavy (non-hydrogen) atoms. The zero-order valence-corrected chi connectivity index (χ0v) is 19.3. The molecule has 2 aromatic heterocycles. The van der Waals surface area contributed by atoms with E-state index in [1.54, 1.807) is 27.0 Å². The average molecular weight is 487 g/mol. The molecule has 4 nitrogen and oxygen atoms in total. The summed E-state index contributed by atoms with van der Waals surface area (Å²) in [6, 6.07) is 9.71. The van der Waals surface area contributed by atoms with E-state index in [0.717, 1.165) is 45.4 Å². The second kappa shape index (κ2) is 8.54. The van der Waals surface area contributed by atoms with Crippen molar-refractivity contribution in [3.8, 4) is 5.75 Å². The number of hydrogen-bond acceptors (Lipinski definition) is 3. The SMILES string of the molecule is CC(C)(C)c1c(F)c[c]c(OCCCCn2cnc3cnc4ccc(Br)cc4c32)c1F. The van der Waals surface area contributed by atoms with Gasteiger partial charge < -0.3 is 9.30 Å². The van der Waals surface area contributed by atoms with Crippen molar-refractivity contribution in [2.45, 2.75) is 45.6 Å². The van der Waals surface area contributed by atoms with Gasteiger partial charge in [-0.2, -0.15) is 0 Å². The van der Waals surface area contributed by atoms with Gasteiger partial charge in [0.1, 0.15) is 11.3 Å². The molecule has 0 saturated heterocycles. The standard InChI is InChI=1S/C24H23BrF2N3O/c1-24(2,3)21-17(26)7-9-20(22(21)27)31-11-5-4-10-30-14-29-19-13-28-18-8-6-15(25)12-16(18)23(19)30/h6-8,12-14H,4-5,10-11H2,1-3H3. The van der Waals surface area contributed by atoms with E-state index in [1.807, 2.05) is 24.5 Å². The van der Waals surface area contributed by atoms with Crippen LogP contribution in [0.4, 0.5) is 8.78 Å². The van der Waals surface area contributed by atoms with Gasteiger partial charge in [-0.15, -0.1) is 0 Å². The molecular weight excluding hydrogens is 464 g/mol. The number of rotatable bonds is 6. The van der Waals surface area contributed by atoms with Crippen LogP contribution in [0.3, 0.4) is 0 Å². The van der Waals surface area contributed by atoms with Gasteiger partial charge in [0.15, 0.2) is 11.6 Å². The first-order chi connectivity index (χ1) is 14.8. The minimum atomic E-state index is -0.669. The van der Waals surface area contributed by atoms with E-state index in [2.05, 4.69) is 36.5 Å². The fourth-order valence-electron chi connectivity index (χ4n) is 3.73. The molecule has 0 amide bonds. The lowest BCUT2D eigenvalue weighted by atomic mass is 9.86. The van der Waals surface area contributed by atoms with Crippen LogP contribution >= 0.6 is 15.9 Å². The number of fused-ring (bicyclic) bond motifs is 3. The van der Waals surface area contributed by atoms with E-state index < -0.39 is 17.0 Å². The lowest BCUT2D eigenvalue weighted by Gasteiger charge is -2.21. The second-order valence-electron chi connectivity index (χ2n) is 8.55. The van der Waals surface area contributed by atoms with E-state index in [1.165, 1.54) is 0 Å². The van der Waals surface area contributed by atoms with Gasteiger partial charge >= 0.3 is 0 Å². The summed E-state index contributed by atoms with van der Waals surface area (Å²) in [5, 5.41) is 1.04. The quantitative estimate of drug-likeness (QED) is 0.289. The Morgan fingerprint density at radius 2 is 1.94 bits per heavy atom. The normalized spacial score (nSPS) is 12.1. The molecule has 0 N–H and O–H groups in total. The first kappa shape index (κ1) is 21.7. The Hall–Kier alpha value is -2.54. The number of imidazole rings is 1. The van der Waals surface area contributed by atoms with Crippen molar-refractivity contribution in [1.82, 2.24) is 14.5 Å². The van der Waals surface area contributed by atoms with Crippen molar-refractivity contribution in [2.24, 2.45) is 0 Å². The molecule has 0 bridgehead atoms. The zero-order valence-electron chi connectivity index (χ0n) is 17.7. The highest BCUT2D eigenvalue weighted by molar-refractivity contribution is 9.10. The molecule has 0 spiro atoms. The van der Waals surface area contributed by atoms with Crippen LogP contribution in [0, 0.1) is 17.7 Å². The van der Waals surface area contributed by atoms with Gasteiger partial charge in [-0.1, -0.05) is 36.7 Å². The molecule has 2 aromatic carbocycles. The number of pyridine rings is 1. The van der Waals surface area contributed by atoms with Crippen molar-refractivity contribution < 1.29 is 13.5 Å². The molecule has 4 aromatic rings. The zero-order chi connectivity index (χ0) is 22.2. The minimum Gasteiger partial charge on any atom is -0.490 e. The largest absolute Gasteiger partial charge is 0.490 e. The Kier molecular flexibility index (Phi) is 5.97. The van der Waals surface area contributed by atoms with Gasteiger partial charge in [-0.3, -0.25) is 4.98 Å². The third kappa shape index (κ3) is 4.42. The van der Waals surface area contributed by atoms with Crippen LogP contribution in [-0.2, 0) is 12.0 Å². The number of aryl methyl sites for hydroxylation is 1. The van der Waals surface area contributed by atoms with Crippen LogP contribution in [0.1, 0.15) is 39.2 Å². The summed E-state index contributed by atoms with van der Waals surface area (Å²) < 4.78 is 37.4. The van der Waals surface area contributed by atoms with Crippen LogP contribution < -0.4 is 4.74 Å². The maximum Gasteiger partial charge on any atom is 0.172 e. The number of unbranched alkanes of at least 4 members (excludes halogenated alkanes) is 1. The predicted octanol–water partition coefficient (Wildman–Crippen LogP) is 6.58. The van der Waals surface area contributed by atoms with Crippen LogP contribution in [0.5, 0.6) is 5.75 Å². The van der Waals surface area contributed by atoms with Crippen LogP contribution in [0.25, 0.3) is 21.9 Å². The smallest absolute Gasteiger partial charge is 0.172 e. The van der Waals surface area contributed by atoms with E-state index >= 15 is 0 Å². The molecule has 0 unspecified atom stereocenters. The summed E-state index contributed by atoms with van der Waals surface area (Å²) in [5.41, 5.74) is 2.17. The van der Waals surface area contributed by atoms with Crippen LogP contribution in [0.15, 0.2) is 41.3 Å². The van der Waals surface area contributed by atoms with Crippen molar-refractivity contribution in [1.29, 1.82) is 0 Å². The number of benzene rings is 2. The molecule has 4 rings (SSSR count). The minimum absolute atomic E-state index is 0.0257. The molecule has 0 aliphatic heterocycles. The molecule has 1 radical (unpaired) electrons.